The first kappa shape index (κ1) is 20.1. The average molecular weight is 421 g/mol. The van der Waals surface area contributed by atoms with Crippen molar-refractivity contribution in [3.63, 3.8) is 0 Å². The van der Waals surface area contributed by atoms with Crippen molar-refractivity contribution in [2.45, 2.75) is 20.4 Å². The van der Waals surface area contributed by atoms with Crippen molar-refractivity contribution in [3.8, 4) is 17.1 Å². The lowest BCUT2D eigenvalue weighted by Crippen LogP contribution is -2.14. The fourth-order valence-electron chi connectivity index (χ4n) is 2.97. The molecule has 4 rings (SSSR count). The van der Waals surface area contributed by atoms with Gasteiger partial charge in [0.2, 0.25) is 0 Å². The third kappa shape index (κ3) is 4.22. The van der Waals surface area contributed by atoms with Gasteiger partial charge in [-0.15, -0.1) is 5.10 Å². The number of nitrogens with zero attached hydrogens (tertiary/aromatic N) is 4. The van der Waals surface area contributed by atoms with Gasteiger partial charge in [0.05, 0.1) is 13.3 Å². The van der Waals surface area contributed by atoms with Crippen LogP contribution in [0, 0.1) is 6.92 Å². The second kappa shape index (κ2) is 8.27. The number of aryl methyl sites for hydroxylation is 1. The Hall–Kier alpha value is -4.21. The number of ether oxygens (including phenoxy) is 1. The highest BCUT2D eigenvalue weighted by atomic mass is 16.5. The van der Waals surface area contributed by atoms with E-state index in [1.807, 2.05) is 19.1 Å². The number of anilines is 1. The van der Waals surface area contributed by atoms with Gasteiger partial charge in [0.15, 0.2) is 35.2 Å². The standard InChI is InChI=1S/C21H19N5O5/c1-12-4-5-14(8-17(12)29-3)20-19(22-11-30-20)21(28)24-18-9-23-26(25-18)10-15-6-7-16(31-15)13(2)27/h4-9,11H,10H2,1-3H3,(H,24,25,28). The van der Waals surface area contributed by atoms with Crippen LogP contribution in [0.2, 0.25) is 0 Å². The van der Waals surface area contributed by atoms with Crippen molar-refractivity contribution in [1.82, 2.24) is 20.0 Å². The molecule has 0 aliphatic heterocycles. The number of benzene rings is 1. The van der Waals surface area contributed by atoms with E-state index in [0.717, 1.165) is 5.56 Å². The monoisotopic (exact) mass is 421 g/mol. The zero-order chi connectivity index (χ0) is 22.0. The zero-order valence-electron chi connectivity index (χ0n) is 17.1. The number of amides is 1. The molecule has 0 atom stereocenters. The molecule has 0 fully saturated rings. The molecule has 4 aromatic rings. The highest BCUT2D eigenvalue weighted by Crippen LogP contribution is 2.29. The first-order valence-electron chi connectivity index (χ1n) is 9.34. The van der Waals surface area contributed by atoms with Crippen molar-refractivity contribution in [3.05, 3.63) is 65.7 Å². The molecule has 0 radical (unpaired) electrons. The molecule has 10 heteroatoms. The van der Waals surface area contributed by atoms with Gasteiger partial charge < -0.3 is 18.9 Å². The SMILES string of the molecule is COc1cc(-c2ocnc2C(=O)Nc2cnn(Cc3ccc(C(C)=O)o3)n2)ccc1C. The average Bonchev–Trinajstić information content (AvgIpc) is 3.49. The van der Waals surface area contributed by atoms with Crippen LogP contribution in [0.1, 0.15) is 39.3 Å². The Labute approximate surface area is 176 Å². The molecule has 1 aromatic carbocycles. The number of carbonyl (C=O) groups is 2. The number of hydrogen-bond donors (Lipinski definition) is 1. The van der Waals surface area contributed by atoms with Crippen LogP contribution in [-0.2, 0) is 6.54 Å². The van der Waals surface area contributed by atoms with Gasteiger partial charge in [-0.3, -0.25) is 9.59 Å². The maximum absolute atomic E-state index is 12.7. The number of rotatable bonds is 7. The highest BCUT2D eigenvalue weighted by Gasteiger charge is 2.20. The molecule has 31 heavy (non-hydrogen) atoms. The van der Waals surface area contributed by atoms with E-state index in [1.54, 1.807) is 25.3 Å². The molecule has 0 bridgehead atoms. The molecule has 1 amide bonds. The van der Waals surface area contributed by atoms with Crippen LogP contribution in [0.15, 0.2) is 51.8 Å². The van der Waals surface area contributed by atoms with Crippen LogP contribution in [0.4, 0.5) is 5.82 Å². The summed E-state index contributed by atoms with van der Waals surface area (Å²) in [5, 5.41) is 11.0. The van der Waals surface area contributed by atoms with E-state index in [1.165, 1.54) is 24.3 Å². The van der Waals surface area contributed by atoms with Crippen molar-refractivity contribution in [2.75, 3.05) is 12.4 Å². The fraction of sp³-hybridized carbons (Fsp3) is 0.190. The lowest BCUT2D eigenvalue weighted by molar-refractivity contribution is 0.0983. The predicted molar refractivity (Wildman–Crippen MR) is 109 cm³/mol. The van der Waals surface area contributed by atoms with Crippen LogP contribution < -0.4 is 10.1 Å². The molecule has 3 heterocycles. The predicted octanol–water partition coefficient (Wildman–Crippen LogP) is 3.35. The van der Waals surface area contributed by atoms with Crippen LogP contribution in [0.25, 0.3) is 11.3 Å². The Morgan fingerprint density at radius 1 is 1.23 bits per heavy atom. The number of carbonyl (C=O) groups excluding carboxylic acids is 2. The van der Waals surface area contributed by atoms with Crippen LogP contribution in [0.3, 0.4) is 0 Å². The molecule has 1 N–H and O–H groups in total. The van der Waals surface area contributed by atoms with Gasteiger partial charge in [0, 0.05) is 12.5 Å². The smallest absolute Gasteiger partial charge is 0.279 e. The Bertz CT molecular complexity index is 1250. The Kier molecular flexibility index (Phi) is 5.35. The molecule has 0 aliphatic rings. The molecule has 0 aliphatic carbocycles. The van der Waals surface area contributed by atoms with E-state index in [0.29, 0.717) is 22.8 Å². The van der Waals surface area contributed by atoms with E-state index in [9.17, 15) is 9.59 Å². The molecule has 0 unspecified atom stereocenters. The lowest BCUT2D eigenvalue weighted by atomic mass is 10.1. The second-order valence-corrected chi connectivity index (χ2v) is 6.75. The minimum atomic E-state index is -0.493. The molecule has 158 valence electrons. The van der Waals surface area contributed by atoms with Crippen LogP contribution in [0.5, 0.6) is 5.75 Å². The zero-order valence-corrected chi connectivity index (χ0v) is 17.1. The summed E-state index contributed by atoms with van der Waals surface area (Å²) < 4.78 is 16.2. The number of furan rings is 1. The number of hydrogen-bond acceptors (Lipinski definition) is 8. The highest BCUT2D eigenvalue weighted by molar-refractivity contribution is 6.05. The van der Waals surface area contributed by atoms with Gasteiger partial charge in [-0.2, -0.15) is 9.90 Å². The van der Waals surface area contributed by atoms with E-state index < -0.39 is 5.91 Å². The normalized spacial score (nSPS) is 10.8. The number of Topliss-reactive ketones (excluding diaryl/α,β-unsaturated/α-hetero) is 1. The number of methoxy groups -OCH3 is 1. The van der Waals surface area contributed by atoms with Crippen molar-refractivity contribution in [2.24, 2.45) is 0 Å². The third-order valence-corrected chi connectivity index (χ3v) is 4.54. The molecule has 0 spiro atoms. The number of nitrogens with one attached hydrogen (secondary N) is 1. The van der Waals surface area contributed by atoms with E-state index in [4.69, 9.17) is 13.6 Å². The van der Waals surface area contributed by atoms with Crippen LogP contribution in [-0.4, -0.2) is 38.8 Å². The molecule has 0 saturated heterocycles. The van der Waals surface area contributed by atoms with Crippen LogP contribution >= 0.6 is 0 Å². The molecule has 10 nitrogen and oxygen atoms in total. The van der Waals surface area contributed by atoms with Gasteiger partial charge in [-0.1, -0.05) is 12.1 Å². The van der Waals surface area contributed by atoms with E-state index in [-0.39, 0.29) is 29.6 Å². The summed E-state index contributed by atoms with van der Waals surface area (Å²) in [6.45, 7) is 3.55. The minimum absolute atomic E-state index is 0.109. The molecular formula is C21H19N5O5. The third-order valence-electron chi connectivity index (χ3n) is 4.54. The van der Waals surface area contributed by atoms with Crippen molar-refractivity contribution >= 4 is 17.5 Å². The number of ketones is 1. The second-order valence-electron chi connectivity index (χ2n) is 6.75. The van der Waals surface area contributed by atoms with Gasteiger partial charge >= 0.3 is 0 Å². The number of oxazole rings is 1. The fourth-order valence-corrected chi connectivity index (χ4v) is 2.97. The topological polar surface area (TPSA) is 125 Å². The molecule has 0 saturated carbocycles. The van der Waals surface area contributed by atoms with Gasteiger partial charge in [-0.25, -0.2) is 4.98 Å². The van der Waals surface area contributed by atoms with Gasteiger partial charge in [0.1, 0.15) is 18.1 Å². The van der Waals surface area contributed by atoms with E-state index in [2.05, 4.69) is 20.5 Å². The minimum Gasteiger partial charge on any atom is -0.496 e. The van der Waals surface area contributed by atoms with Gasteiger partial charge in [0.25, 0.3) is 5.91 Å². The molecular weight excluding hydrogens is 402 g/mol. The van der Waals surface area contributed by atoms with Gasteiger partial charge in [-0.05, 0) is 30.7 Å². The summed E-state index contributed by atoms with van der Waals surface area (Å²) in [5.74, 6) is 1.35. The Morgan fingerprint density at radius 2 is 2.06 bits per heavy atom. The summed E-state index contributed by atoms with van der Waals surface area (Å²) in [6.07, 6.45) is 2.61. The maximum atomic E-state index is 12.7. The summed E-state index contributed by atoms with van der Waals surface area (Å²) in [6, 6.07) is 8.74. The van der Waals surface area contributed by atoms with Crippen molar-refractivity contribution < 1.29 is 23.2 Å². The summed E-state index contributed by atoms with van der Waals surface area (Å²) in [7, 11) is 1.58. The summed E-state index contributed by atoms with van der Waals surface area (Å²) >= 11 is 0. The van der Waals surface area contributed by atoms with Crippen molar-refractivity contribution in [1.29, 1.82) is 0 Å². The maximum Gasteiger partial charge on any atom is 0.279 e. The lowest BCUT2D eigenvalue weighted by Gasteiger charge is -2.07. The largest absolute Gasteiger partial charge is 0.496 e. The summed E-state index contributed by atoms with van der Waals surface area (Å²) in [4.78, 5) is 29.4. The number of aromatic nitrogens is 4. The first-order valence-corrected chi connectivity index (χ1v) is 9.34. The van der Waals surface area contributed by atoms with E-state index >= 15 is 0 Å². The first-order chi connectivity index (χ1) is 14.9. The Morgan fingerprint density at radius 3 is 2.81 bits per heavy atom. The Balaban J connectivity index is 1.48. The quantitative estimate of drug-likeness (QED) is 0.450. The summed E-state index contributed by atoms with van der Waals surface area (Å²) in [5.41, 5.74) is 1.73. The molecule has 3 aromatic heterocycles.